The molecule has 1 amide bonds. The third-order valence-electron chi connectivity index (χ3n) is 3.77. The molecule has 1 saturated heterocycles. The first kappa shape index (κ1) is 20.2. The fraction of sp³-hybridized carbons (Fsp3) is 0.600. The van der Waals surface area contributed by atoms with Crippen molar-refractivity contribution in [2.75, 3.05) is 19.6 Å². The van der Waals surface area contributed by atoms with Gasteiger partial charge in [0.05, 0.1) is 0 Å². The maximum absolute atomic E-state index is 12.2. The summed E-state index contributed by atoms with van der Waals surface area (Å²) in [5.74, 6) is 0.852. The lowest BCUT2D eigenvalue weighted by atomic mass is 9.94. The third-order valence-corrected chi connectivity index (χ3v) is 3.77. The molecule has 0 saturated carbocycles. The summed E-state index contributed by atoms with van der Waals surface area (Å²) in [7, 11) is 0. The molecule has 120 valence electrons. The van der Waals surface area contributed by atoms with E-state index in [4.69, 9.17) is 5.73 Å². The van der Waals surface area contributed by atoms with Crippen LogP contribution in [-0.4, -0.2) is 35.4 Å². The molecule has 1 aromatic rings. The van der Waals surface area contributed by atoms with E-state index in [9.17, 15) is 4.79 Å². The molecule has 1 aliphatic rings. The zero-order chi connectivity index (χ0) is 13.5. The first-order chi connectivity index (χ1) is 9.29. The van der Waals surface area contributed by atoms with Gasteiger partial charge in [0.25, 0.3) is 0 Å². The molecule has 2 N–H and O–H groups in total. The minimum atomic E-state index is 0. The van der Waals surface area contributed by atoms with E-state index < -0.39 is 0 Å². The average molecular weight is 334 g/mol. The van der Waals surface area contributed by atoms with Crippen LogP contribution in [0.2, 0.25) is 0 Å². The van der Waals surface area contributed by atoms with Gasteiger partial charge in [0.15, 0.2) is 0 Å². The summed E-state index contributed by atoms with van der Waals surface area (Å²) >= 11 is 0. The molecule has 2 heterocycles. The van der Waals surface area contributed by atoms with Gasteiger partial charge in [0.1, 0.15) is 0 Å². The molecule has 6 heteroatoms. The van der Waals surface area contributed by atoms with Crippen molar-refractivity contribution in [3.63, 3.8) is 0 Å². The molecular weight excluding hydrogens is 309 g/mol. The van der Waals surface area contributed by atoms with Gasteiger partial charge in [-0.15, -0.1) is 24.8 Å². The highest BCUT2D eigenvalue weighted by Crippen LogP contribution is 2.19. The van der Waals surface area contributed by atoms with Gasteiger partial charge in [0.2, 0.25) is 5.91 Å². The molecule has 4 nitrogen and oxygen atoms in total. The maximum atomic E-state index is 12.2. The molecule has 0 radical (unpaired) electrons. The third kappa shape index (κ3) is 6.64. The van der Waals surface area contributed by atoms with Crippen LogP contribution in [-0.2, 0) is 11.2 Å². The van der Waals surface area contributed by atoms with E-state index in [0.29, 0.717) is 12.3 Å². The predicted octanol–water partition coefficient (Wildman–Crippen LogP) is 2.45. The number of carbonyl (C=O) groups excluding carboxylic acids is 1. The molecule has 21 heavy (non-hydrogen) atoms. The van der Waals surface area contributed by atoms with Crippen LogP contribution in [0.4, 0.5) is 0 Å². The van der Waals surface area contributed by atoms with Gasteiger partial charge in [-0.3, -0.25) is 9.78 Å². The van der Waals surface area contributed by atoms with E-state index in [1.807, 2.05) is 23.1 Å². The first-order valence-corrected chi connectivity index (χ1v) is 7.17. The van der Waals surface area contributed by atoms with Gasteiger partial charge in [-0.25, -0.2) is 0 Å². The summed E-state index contributed by atoms with van der Waals surface area (Å²) in [5.41, 5.74) is 6.60. The molecule has 0 aromatic carbocycles. The van der Waals surface area contributed by atoms with Crippen molar-refractivity contribution in [3.05, 3.63) is 30.1 Å². The Morgan fingerprint density at radius 3 is 2.86 bits per heavy atom. The van der Waals surface area contributed by atoms with Gasteiger partial charge in [-0.1, -0.05) is 6.07 Å². The standard InChI is InChI=1S/C15H23N3O.2ClH/c16-9-8-13-4-3-11-18(12-13)15(19)7-6-14-5-1-2-10-17-14;;/h1-2,5,10,13H,3-4,6-9,11-12,16H2;2*1H. The number of piperidine rings is 1. The van der Waals surface area contributed by atoms with Crippen LogP contribution < -0.4 is 5.73 Å². The molecule has 1 fully saturated rings. The Balaban J connectivity index is 0.00000200. The lowest BCUT2D eigenvalue weighted by Gasteiger charge is -2.32. The van der Waals surface area contributed by atoms with Crippen LogP contribution in [0.25, 0.3) is 0 Å². The molecule has 1 aromatic heterocycles. The molecule has 1 unspecified atom stereocenters. The summed E-state index contributed by atoms with van der Waals surface area (Å²) in [6.07, 6.45) is 6.42. The summed E-state index contributed by atoms with van der Waals surface area (Å²) in [6.45, 7) is 2.51. The fourth-order valence-corrected chi connectivity index (χ4v) is 2.70. The number of pyridine rings is 1. The van der Waals surface area contributed by atoms with Crippen molar-refractivity contribution < 1.29 is 4.79 Å². The zero-order valence-electron chi connectivity index (χ0n) is 12.2. The van der Waals surface area contributed by atoms with Crippen molar-refractivity contribution in [1.82, 2.24) is 9.88 Å². The summed E-state index contributed by atoms with van der Waals surface area (Å²) in [4.78, 5) is 18.4. The van der Waals surface area contributed by atoms with Crippen molar-refractivity contribution in [2.45, 2.75) is 32.1 Å². The van der Waals surface area contributed by atoms with Crippen molar-refractivity contribution >= 4 is 30.7 Å². The highest BCUT2D eigenvalue weighted by molar-refractivity contribution is 5.85. The topological polar surface area (TPSA) is 59.2 Å². The van der Waals surface area contributed by atoms with E-state index >= 15 is 0 Å². The van der Waals surface area contributed by atoms with Crippen molar-refractivity contribution in [1.29, 1.82) is 0 Å². The van der Waals surface area contributed by atoms with Crippen LogP contribution in [0.5, 0.6) is 0 Å². The molecule has 0 aliphatic carbocycles. The van der Waals surface area contributed by atoms with E-state index in [-0.39, 0.29) is 30.7 Å². The number of nitrogens with zero attached hydrogens (tertiary/aromatic N) is 2. The molecule has 0 spiro atoms. The number of likely N-dealkylation sites (tertiary alicyclic amines) is 1. The zero-order valence-corrected chi connectivity index (χ0v) is 13.9. The molecule has 1 atom stereocenters. The number of halogens is 2. The monoisotopic (exact) mass is 333 g/mol. The number of carbonyl (C=O) groups is 1. The van der Waals surface area contributed by atoms with Gasteiger partial charge < -0.3 is 10.6 Å². The van der Waals surface area contributed by atoms with E-state index in [1.54, 1.807) is 6.20 Å². The first-order valence-electron chi connectivity index (χ1n) is 7.17. The van der Waals surface area contributed by atoms with Gasteiger partial charge in [-0.05, 0) is 50.3 Å². The average Bonchev–Trinajstić information content (AvgIpc) is 2.46. The molecule has 2 rings (SSSR count). The molecular formula is C15H25Cl2N3O. The Bertz CT molecular complexity index is 401. The predicted molar refractivity (Wildman–Crippen MR) is 90.0 cm³/mol. The Kier molecular flexibility index (Phi) is 10.4. The highest BCUT2D eigenvalue weighted by Gasteiger charge is 2.22. The molecule has 0 bridgehead atoms. The summed E-state index contributed by atoms with van der Waals surface area (Å²) in [5, 5.41) is 0. The van der Waals surface area contributed by atoms with E-state index in [1.165, 1.54) is 6.42 Å². The second-order valence-electron chi connectivity index (χ2n) is 5.25. The summed E-state index contributed by atoms with van der Waals surface area (Å²) < 4.78 is 0. The number of aromatic nitrogens is 1. The fourth-order valence-electron chi connectivity index (χ4n) is 2.70. The number of hydrogen-bond donors (Lipinski definition) is 1. The Morgan fingerprint density at radius 1 is 1.38 bits per heavy atom. The number of amides is 1. The Hall–Kier alpha value is -0.840. The quantitative estimate of drug-likeness (QED) is 0.900. The van der Waals surface area contributed by atoms with Crippen molar-refractivity contribution in [3.8, 4) is 0 Å². The van der Waals surface area contributed by atoms with Gasteiger partial charge >= 0.3 is 0 Å². The number of nitrogens with two attached hydrogens (primary N) is 1. The summed E-state index contributed by atoms with van der Waals surface area (Å²) in [6, 6.07) is 5.83. The number of hydrogen-bond acceptors (Lipinski definition) is 3. The van der Waals surface area contributed by atoms with E-state index in [0.717, 1.165) is 44.6 Å². The lowest BCUT2D eigenvalue weighted by molar-refractivity contribution is -0.133. The number of aryl methyl sites for hydroxylation is 1. The van der Waals surface area contributed by atoms with Crippen molar-refractivity contribution in [2.24, 2.45) is 11.7 Å². The second-order valence-corrected chi connectivity index (χ2v) is 5.25. The minimum Gasteiger partial charge on any atom is -0.342 e. The lowest BCUT2D eigenvalue weighted by Crippen LogP contribution is -2.40. The van der Waals surface area contributed by atoms with E-state index in [2.05, 4.69) is 4.98 Å². The van der Waals surface area contributed by atoms with Crippen LogP contribution in [0, 0.1) is 5.92 Å². The largest absolute Gasteiger partial charge is 0.342 e. The molecule has 1 aliphatic heterocycles. The minimum absolute atomic E-state index is 0. The Morgan fingerprint density at radius 2 is 2.19 bits per heavy atom. The van der Waals surface area contributed by atoms with Gasteiger partial charge in [0, 0.05) is 31.4 Å². The normalized spacial score (nSPS) is 17.6. The smallest absolute Gasteiger partial charge is 0.222 e. The van der Waals surface area contributed by atoms with Crippen LogP contribution >= 0.6 is 24.8 Å². The maximum Gasteiger partial charge on any atom is 0.222 e. The van der Waals surface area contributed by atoms with Gasteiger partial charge in [-0.2, -0.15) is 0 Å². The van der Waals surface area contributed by atoms with Crippen LogP contribution in [0.3, 0.4) is 0 Å². The SMILES string of the molecule is Cl.Cl.NCCC1CCCN(C(=O)CCc2ccccn2)C1. The second kappa shape index (κ2) is 10.8. The highest BCUT2D eigenvalue weighted by atomic mass is 35.5. The van der Waals surface area contributed by atoms with Crippen LogP contribution in [0.15, 0.2) is 24.4 Å². The number of rotatable bonds is 5. The Labute approximate surface area is 139 Å². The van der Waals surface area contributed by atoms with Crippen LogP contribution in [0.1, 0.15) is 31.4 Å².